The number of rotatable bonds is 6. The summed E-state index contributed by atoms with van der Waals surface area (Å²) in [6.45, 7) is 5.01. The van der Waals surface area contributed by atoms with E-state index in [9.17, 15) is 13.2 Å². The summed E-state index contributed by atoms with van der Waals surface area (Å²) in [5, 5.41) is 2.49. The number of thioether (sulfide) groups is 1. The molecule has 1 unspecified atom stereocenters. The molecule has 1 atom stereocenters. The molecule has 0 radical (unpaired) electrons. The summed E-state index contributed by atoms with van der Waals surface area (Å²) in [6.07, 6.45) is 0. The van der Waals surface area contributed by atoms with E-state index in [-0.39, 0.29) is 16.1 Å². The second-order valence-corrected chi connectivity index (χ2v) is 10.8. The van der Waals surface area contributed by atoms with Crippen molar-refractivity contribution in [2.45, 2.75) is 28.9 Å². The molecule has 1 amide bonds. The van der Waals surface area contributed by atoms with Crippen molar-refractivity contribution >= 4 is 49.3 Å². The van der Waals surface area contributed by atoms with E-state index < -0.39 is 10.0 Å². The van der Waals surface area contributed by atoms with E-state index in [0.717, 1.165) is 9.37 Å². The van der Waals surface area contributed by atoms with Crippen molar-refractivity contribution in [3.63, 3.8) is 0 Å². The van der Waals surface area contributed by atoms with Crippen molar-refractivity contribution in [3.8, 4) is 0 Å². The maximum atomic E-state index is 13.0. The topological polar surface area (TPSA) is 75.7 Å². The van der Waals surface area contributed by atoms with Gasteiger partial charge in [-0.2, -0.15) is 4.31 Å². The molecule has 9 heteroatoms. The van der Waals surface area contributed by atoms with Crippen LogP contribution in [0.5, 0.6) is 0 Å². The van der Waals surface area contributed by atoms with Gasteiger partial charge in [-0.15, -0.1) is 11.8 Å². The molecule has 1 fully saturated rings. The Morgan fingerprint density at radius 1 is 1.21 bits per heavy atom. The molecule has 156 valence electrons. The van der Waals surface area contributed by atoms with Crippen LogP contribution in [0, 0.1) is 6.92 Å². The smallest absolute Gasteiger partial charge is 0.243 e. The average molecular weight is 499 g/mol. The number of amides is 1. The van der Waals surface area contributed by atoms with E-state index in [1.165, 1.54) is 22.1 Å². The molecular weight excluding hydrogens is 476 g/mol. The van der Waals surface area contributed by atoms with E-state index in [0.29, 0.717) is 37.6 Å². The first-order chi connectivity index (χ1) is 13.8. The van der Waals surface area contributed by atoms with Gasteiger partial charge in [0.2, 0.25) is 15.9 Å². The molecule has 29 heavy (non-hydrogen) atoms. The third kappa shape index (κ3) is 5.40. The Balaban J connectivity index is 1.75. The maximum absolute atomic E-state index is 13.0. The number of hydrogen-bond acceptors (Lipinski definition) is 5. The summed E-state index contributed by atoms with van der Waals surface area (Å²) in [7, 11) is -3.63. The third-order valence-electron chi connectivity index (χ3n) is 4.55. The second kappa shape index (κ2) is 9.61. The quantitative estimate of drug-likeness (QED) is 0.611. The van der Waals surface area contributed by atoms with Crippen LogP contribution in [-0.2, 0) is 19.6 Å². The maximum Gasteiger partial charge on any atom is 0.243 e. The van der Waals surface area contributed by atoms with Crippen LogP contribution >= 0.6 is 27.7 Å². The number of aryl methyl sites for hydroxylation is 1. The van der Waals surface area contributed by atoms with Crippen molar-refractivity contribution in [1.82, 2.24) is 4.31 Å². The predicted octanol–water partition coefficient (Wildman–Crippen LogP) is 3.90. The number of morpholine rings is 1. The molecule has 2 aromatic carbocycles. The van der Waals surface area contributed by atoms with Crippen LogP contribution in [-0.4, -0.2) is 50.2 Å². The minimum atomic E-state index is -3.63. The summed E-state index contributed by atoms with van der Waals surface area (Å²) in [4.78, 5) is 13.8. The highest BCUT2D eigenvalue weighted by atomic mass is 79.9. The second-order valence-electron chi connectivity index (χ2n) is 6.68. The first-order valence-corrected chi connectivity index (χ1v) is 12.3. The van der Waals surface area contributed by atoms with Crippen molar-refractivity contribution in [1.29, 1.82) is 0 Å². The van der Waals surface area contributed by atoms with Gasteiger partial charge in [-0.05, 0) is 59.6 Å². The zero-order valence-corrected chi connectivity index (χ0v) is 19.4. The fraction of sp³-hybridized carbons (Fsp3) is 0.350. The van der Waals surface area contributed by atoms with Gasteiger partial charge in [0.1, 0.15) is 0 Å². The minimum absolute atomic E-state index is 0.190. The van der Waals surface area contributed by atoms with Crippen molar-refractivity contribution < 1.29 is 17.9 Å². The largest absolute Gasteiger partial charge is 0.379 e. The predicted molar refractivity (Wildman–Crippen MR) is 119 cm³/mol. The van der Waals surface area contributed by atoms with Crippen LogP contribution in [0.4, 0.5) is 5.69 Å². The molecule has 0 spiro atoms. The Labute approximate surface area is 184 Å². The van der Waals surface area contributed by atoms with E-state index in [4.69, 9.17) is 4.74 Å². The number of halogens is 1. The van der Waals surface area contributed by atoms with Crippen LogP contribution in [0.15, 0.2) is 56.7 Å². The number of hydrogen-bond donors (Lipinski definition) is 1. The van der Waals surface area contributed by atoms with Gasteiger partial charge in [-0.25, -0.2) is 8.42 Å². The summed E-state index contributed by atoms with van der Waals surface area (Å²) >= 11 is 4.92. The molecule has 0 aromatic heterocycles. The van der Waals surface area contributed by atoms with Gasteiger partial charge in [0.15, 0.2) is 0 Å². The van der Waals surface area contributed by atoms with E-state index in [1.54, 1.807) is 19.1 Å². The summed E-state index contributed by atoms with van der Waals surface area (Å²) in [6, 6.07) is 12.7. The normalized spacial score (nSPS) is 16.4. The number of ether oxygens (including phenoxy) is 1. The number of anilines is 1. The molecule has 1 aliphatic heterocycles. The zero-order valence-electron chi connectivity index (χ0n) is 16.2. The fourth-order valence-electron chi connectivity index (χ4n) is 2.91. The third-order valence-corrected chi connectivity index (χ3v) is 8.73. The van der Waals surface area contributed by atoms with E-state index >= 15 is 0 Å². The molecule has 1 heterocycles. The molecular formula is C20H23BrN2O4S2. The lowest BCUT2D eigenvalue weighted by Gasteiger charge is -2.27. The lowest BCUT2D eigenvalue weighted by molar-refractivity contribution is -0.115. The van der Waals surface area contributed by atoms with Crippen LogP contribution < -0.4 is 5.32 Å². The Morgan fingerprint density at radius 3 is 2.59 bits per heavy atom. The van der Waals surface area contributed by atoms with E-state index in [1.807, 2.05) is 31.2 Å². The van der Waals surface area contributed by atoms with Gasteiger partial charge in [0.05, 0.1) is 23.4 Å². The molecule has 0 aliphatic carbocycles. The highest BCUT2D eigenvalue weighted by Gasteiger charge is 2.28. The SMILES string of the molecule is Cc1ccc(NC(=O)C(C)Sc2ccccc2Br)cc1S(=O)(=O)N1CCOCC1. The molecule has 0 bridgehead atoms. The number of sulfonamides is 1. The van der Waals surface area contributed by atoms with Crippen molar-refractivity contribution in [2.24, 2.45) is 0 Å². The van der Waals surface area contributed by atoms with Gasteiger partial charge in [0.25, 0.3) is 0 Å². The number of nitrogens with one attached hydrogen (secondary N) is 1. The molecule has 2 aromatic rings. The lowest BCUT2D eigenvalue weighted by atomic mass is 10.2. The number of carbonyl (C=O) groups is 1. The average Bonchev–Trinajstić information content (AvgIpc) is 2.71. The highest BCUT2D eigenvalue weighted by Crippen LogP contribution is 2.31. The number of benzene rings is 2. The monoisotopic (exact) mass is 498 g/mol. The molecule has 3 rings (SSSR count). The first kappa shape index (κ1) is 22.3. The number of nitrogens with zero attached hydrogens (tertiary/aromatic N) is 1. The Morgan fingerprint density at radius 2 is 1.90 bits per heavy atom. The molecule has 1 N–H and O–H groups in total. The zero-order chi connectivity index (χ0) is 21.0. The van der Waals surface area contributed by atoms with Gasteiger partial charge in [-0.1, -0.05) is 18.2 Å². The molecule has 0 saturated carbocycles. The summed E-state index contributed by atoms with van der Waals surface area (Å²) < 4.78 is 33.6. The Hall–Kier alpha value is -1.39. The van der Waals surface area contributed by atoms with Crippen LogP contribution in [0.25, 0.3) is 0 Å². The van der Waals surface area contributed by atoms with E-state index in [2.05, 4.69) is 21.2 Å². The lowest BCUT2D eigenvalue weighted by Crippen LogP contribution is -2.40. The van der Waals surface area contributed by atoms with Crippen LogP contribution in [0.3, 0.4) is 0 Å². The summed E-state index contributed by atoms with van der Waals surface area (Å²) in [5.41, 5.74) is 1.11. The molecule has 6 nitrogen and oxygen atoms in total. The molecule has 1 saturated heterocycles. The highest BCUT2D eigenvalue weighted by molar-refractivity contribution is 9.10. The molecule has 1 aliphatic rings. The van der Waals surface area contributed by atoms with Crippen molar-refractivity contribution in [3.05, 3.63) is 52.5 Å². The Bertz CT molecular complexity index is 992. The van der Waals surface area contributed by atoms with Crippen molar-refractivity contribution in [2.75, 3.05) is 31.6 Å². The van der Waals surface area contributed by atoms with Gasteiger partial charge in [-0.3, -0.25) is 4.79 Å². The standard InChI is InChI=1S/C20H23BrN2O4S2/c1-14-7-8-16(13-19(14)29(25,26)23-9-11-27-12-10-23)22-20(24)15(2)28-18-6-4-3-5-17(18)21/h3-8,13,15H,9-12H2,1-2H3,(H,22,24). The van der Waals surface area contributed by atoms with Gasteiger partial charge >= 0.3 is 0 Å². The Kier molecular flexibility index (Phi) is 7.39. The number of carbonyl (C=O) groups excluding carboxylic acids is 1. The van der Waals surface area contributed by atoms with Crippen LogP contribution in [0.1, 0.15) is 12.5 Å². The van der Waals surface area contributed by atoms with Gasteiger partial charge in [0, 0.05) is 28.1 Å². The van der Waals surface area contributed by atoms with Gasteiger partial charge < -0.3 is 10.1 Å². The fourth-order valence-corrected chi connectivity index (χ4v) is 6.02. The first-order valence-electron chi connectivity index (χ1n) is 9.19. The summed E-state index contributed by atoms with van der Waals surface area (Å²) in [5.74, 6) is -0.190. The minimum Gasteiger partial charge on any atom is -0.379 e. The van der Waals surface area contributed by atoms with Crippen LogP contribution in [0.2, 0.25) is 0 Å².